The summed E-state index contributed by atoms with van der Waals surface area (Å²) < 4.78 is 14.6. The molecule has 4 heteroatoms. The van der Waals surface area contributed by atoms with E-state index >= 15 is 0 Å². The largest absolute Gasteiger partial charge is 0.287 e. The minimum absolute atomic E-state index is 0.0183. The van der Waals surface area contributed by atoms with E-state index in [1.807, 2.05) is 0 Å². The fourth-order valence-corrected chi connectivity index (χ4v) is 1.37. The van der Waals surface area contributed by atoms with Gasteiger partial charge >= 0.3 is 0 Å². The maximum absolute atomic E-state index is 13.4. The molecule has 0 amide bonds. The van der Waals surface area contributed by atoms with E-state index in [1.54, 1.807) is 6.07 Å². The Kier molecular flexibility index (Phi) is 2.22. The van der Waals surface area contributed by atoms with Gasteiger partial charge in [-0.3, -0.25) is 9.36 Å². The Morgan fingerprint density at radius 3 is 3.07 bits per heavy atom. The number of hydrogen-bond donors (Lipinski definition) is 0. The maximum atomic E-state index is 13.4. The van der Waals surface area contributed by atoms with E-state index in [2.05, 4.69) is 10.9 Å². The Hall–Kier alpha value is -2.15. The minimum atomic E-state index is -0.573. The third kappa shape index (κ3) is 1.48. The third-order valence-corrected chi connectivity index (χ3v) is 2.06. The second-order valence-electron chi connectivity index (χ2n) is 3.02. The van der Waals surface area contributed by atoms with Crippen LogP contribution in [-0.4, -0.2) is 9.55 Å². The number of halogens is 1. The molecule has 1 aromatic heterocycles. The van der Waals surface area contributed by atoms with Crippen molar-refractivity contribution in [2.75, 3.05) is 0 Å². The van der Waals surface area contributed by atoms with Crippen LogP contribution in [0.1, 0.15) is 0 Å². The Bertz CT molecular complexity index is 610. The average Bonchev–Trinajstić information content (AvgIpc) is 2.22. The smallest absolute Gasteiger partial charge is 0.265 e. The lowest BCUT2D eigenvalue weighted by molar-refractivity contribution is 0.635. The van der Waals surface area contributed by atoms with Crippen LogP contribution in [0.4, 0.5) is 4.39 Å². The zero-order valence-corrected chi connectivity index (χ0v) is 7.77. The van der Waals surface area contributed by atoms with Crippen LogP contribution >= 0.6 is 0 Å². The lowest BCUT2D eigenvalue weighted by atomic mass is 10.2. The topological polar surface area (TPSA) is 34.9 Å². The number of rotatable bonds is 1. The van der Waals surface area contributed by atoms with Gasteiger partial charge in [0.25, 0.3) is 5.56 Å². The highest BCUT2D eigenvalue weighted by Gasteiger charge is 2.07. The van der Waals surface area contributed by atoms with Gasteiger partial charge in [0.1, 0.15) is 11.2 Å². The first-order valence-electron chi connectivity index (χ1n) is 4.31. The summed E-state index contributed by atoms with van der Waals surface area (Å²) in [5, 5.41) is -0.0183. The molecule has 74 valence electrons. The molecule has 0 bridgehead atoms. The molecule has 0 atom stereocenters. The lowest BCUT2D eigenvalue weighted by Crippen LogP contribution is -2.20. The SMILES string of the molecule is C#CCn1cnc2cccc(F)c2c1=O. The predicted octanol–water partition coefficient (Wildman–Crippen LogP) is 1.17. The van der Waals surface area contributed by atoms with Crippen LogP contribution in [0.3, 0.4) is 0 Å². The summed E-state index contributed by atoms with van der Waals surface area (Å²) in [7, 11) is 0. The molecule has 0 saturated carbocycles. The van der Waals surface area contributed by atoms with Gasteiger partial charge in [-0.1, -0.05) is 12.0 Å². The van der Waals surface area contributed by atoms with Crippen LogP contribution in [-0.2, 0) is 6.54 Å². The number of hydrogen-bond acceptors (Lipinski definition) is 2. The summed E-state index contributed by atoms with van der Waals surface area (Å²) in [5.74, 6) is 1.74. The molecule has 0 aliphatic heterocycles. The standard InChI is InChI=1S/C11H7FN2O/c1-2-6-14-7-13-9-5-3-4-8(12)10(9)11(14)15/h1,3-5,7H,6H2. The van der Waals surface area contributed by atoms with Crippen LogP contribution in [0.15, 0.2) is 29.3 Å². The Morgan fingerprint density at radius 2 is 2.33 bits per heavy atom. The molecular weight excluding hydrogens is 195 g/mol. The van der Waals surface area contributed by atoms with E-state index in [1.165, 1.54) is 23.0 Å². The van der Waals surface area contributed by atoms with E-state index in [0.29, 0.717) is 5.52 Å². The van der Waals surface area contributed by atoms with Crippen molar-refractivity contribution in [2.45, 2.75) is 6.54 Å². The molecule has 0 unspecified atom stereocenters. The van der Waals surface area contributed by atoms with Gasteiger partial charge in [0.2, 0.25) is 0 Å². The molecule has 0 radical (unpaired) electrons. The van der Waals surface area contributed by atoms with Crippen LogP contribution in [0.25, 0.3) is 10.9 Å². The summed E-state index contributed by atoms with van der Waals surface area (Å²) in [6, 6.07) is 4.32. The summed E-state index contributed by atoms with van der Waals surface area (Å²) in [4.78, 5) is 15.7. The van der Waals surface area contributed by atoms with Gasteiger partial charge in [0, 0.05) is 0 Å². The molecule has 2 rings (SSSR count). The van der Waals surface area contributed by atoms with E-state index in [4.69, 9.17) is 6.42 Å². The molecule has 0 aliphatic carbocycles. The van der Waals surface area contributed by atoms with Crippen LogP contribution in [0.2, 0.25) is 0 Å². The van der Waals surface area contributed by atoms with Crippen LogP contribution < -0.4 is 5.56 Å². The van der Waals surface area contributed by atoms with E-state index in [-0.39, 0.29) is 11.9 Å². The van der Waals surface area contributed by atoms with Gasteiger partial charge in [-0.25, -0.2) is 9.37 Å². The molecule has 0 spiro atoms. The number of fused-ring (bicyclic) bond motifs is 1. The third-order valence-electron chi connectivity index (χ3n) is 2.06. The minimum Gasteiger partial charge on any atom is -0.287 e. The second kappa shape index (κ2) is 3.54. The van der Waals surface area contributed by atoms with E-state index < -0.39 is 11.4 Å². The summed E-state index contributed by atoms with van der Waals surface area (Å²) in [6.07, 6.45) is 6.40. The first-order valence-corrected chi connectivity index (χ1v) is 4.31. The molecule has 15 heavy (non-hydrogen) atoms. The maximum Gasteiger partial charge on any atom is 0.265 e. The average molecular weight is 202 g/mol. The zero-order valence-electron chi connectivity index (χ0n) is 7.77. The van der Waals surface area contributed by atoms with Gasteiger partial charge in [-0.15, -0.1) is 6.42 Å². The van der Waals surface area contributed by atoms with Crippen molar-refractivity contribution < 1.29 is 4.39 Å². The summed E-state index contributed by atoms with van der Waals surface area (Å²) >= 11 is 0. The highest BCUT2D eigenvalue weighted by atomic mass is 19.1. The number of terminal acetylenes is 1. The predicted molar refractivity (Wildman–Crippen MR) is 54.8 cm³/mol. The van der Waals surface area contributed by atoms with Crippen molar-refractivity contribution >= 4 is 10.9 Å². The van der Waals surface area contributed by atoms with Gasteiger partial charge in [0.05, 0.1) is 18.4 Å². The van der Waals surface area contributed by atoms with Gasteiger partial charge in [-0.2, -0.15) is 0 Å². The molecule has 2 aromatic rings. The van der Waals surface area contributed by atoms with Crippen molar-refractivity contribution in [2.24, 2.45) is 0 Å². The van der Waals surface area contributed by atoms with Crippen molar-refractivity contribution in [3.63, 3.8) is 0 Å². The van der Waals surface area contributed by atoms with Crippen molar-refractivity contribution in [3.05, 3.63) is 40.7 Å². The highest BCUT2D eigenvalue weighted by molar-refractivity contribution is 5.77. The molecule has 0 aliphatic rings. The molecule has 1 aromatic carbocycles. The lowest BCUT2D eigenvalue weighted by Gasteiger charge is -2.02. The zero-order chi connectivity index (χ0) is 10.8. The second-order valence-corrected chi connectivity index (χ2v) is 3.02. The molecule has 0 saturated heterocycles. The highest BCUT2D eigenvalue weighted by Crippen LogP contribution is 2.10. The number of benzene rings is 1. The Morgan fingerprint density at radius 1 is 1.53 bits per heavy atom. The molecule has 3 nitrogen and oxygen atoms in total. The van der Waals surface area contributed by atoms with Crippen molar-refractivity contribution in [1.29, 1.82) is 0 Å². The number of nitrogens with zero attached hydrogens (tertiary/aromatic N) is 2. The van der Waals surface area contributed by atoms with Gasteiger partial charge < -0.3 is 0 Å². The molecule has 0 fully saturated rings. The van der Waals surface area contributed by atoms with Crippen LogP contribution in [0.5, 0.6) is 0 Å². The van der Waals surface area contributed by atoms with Gasteiger partial charge in [-0.05, 0) is 12.1 Å². The Balaban J connectivity index is 2.85. The summed E-state index contributed by atoms with van der Waals surface area (Å²) in [5.41, 5.74) is -0.107. The Labute approximate surface area is 85.2 Å². The first kappa shape index (κ1) is 9.41. The molecular formula is C11H7FN2O. The quantitative estimate of drug-likeness (QED) is 0.650. The summed E-state index contributed by atoms with van der Waals surface area (Å²) in [6.45, 7) is 0.0934. The van der Waals surface area contributed by atoms with Crippen LogP contribution in [0, 0.1) is 18.2 Å². The first-order chi connectivity index (χ1) is 7.24. The monoisotopic (exact) mass is 202 g/mol. The van der Waals surface area contributed by atoms with E-state index in [0.717, 1.165) is 0 Å². The fourth-order valence-electron chi connectivity index (χ4n) is 1.37. The normalized spacial score (nSPS) is 10.1. The fraction of sp³-hybridized carbons (Fsp3) is 0.0909. The van der Waals surface area contributed by atoms with Crippen molar-refractivity contribution in [1.82, 2.24) is 9.55 Å². The van der Waals surface area contributed by atoms with E-state index in [9.17, 15) is 9.18 Å². The van der Waals surface area contributed by atoms with Gasteiger partial charge in [0.15, 0.2) is 0 Å². The molecule has 1 heterocycles. The van der Waals surface area contributed by atoms with Crippen molar-refractivity contribution in [3.8, 4) is 12.3 Å². The number of aromatic nitrogens is 2. The molecule has 0 N–H and O–H groups in total.